The summed E-state index contributed by atoms with van der Waals surface area (Å²) in [5, 5.41) is 0. The van der Waals surface area contributed by atoms with Crippen LogP contribution in [-0.2, 0) is 16.0 Å². The van der Waals surface area contributed by atoms with Gasteiger partial charge in [0.15, 0.2) is 0 Å². The zero-order valence-electron chi connectivity index (χ0n) is 9.30. The van der Waals surface area contributed by atoms with Crippen LogP contribution in [0.15, 0.2) is 16.6 Å². The molecule has 0 fully saturated rings. The van der Waals surface area contributed by atoms with Gasteiger partial charge >= 0.3 is 12.6 Å². The van der Waals surface area contributed by atoms with Crippen molar-refractivity contribution in [1.82, 2.24) is 0 Å². The Morgan fingerprint density at radius 3 is 2.65 bits per heavy atom. The Morgan fingerprint density at radius 1 is 1.47 bits per heavy atom. The van der Waals surface area contributed by atoms with Crippen molar-refractivity contribution in [3.8, 4) is 5.75 Å². The third-order valence-electron chi connectivity index (χ3n) is 2.07. The van der Waals surface area contributed by atoms with Gasteiger partial charge in [-0.25, -0.2) is 0 Å². The lowest BCUT2D eigenvalue weighted by molar-refractivity contribution is -0.139. The predicted molar refractivity (Wildman–Crippen MR) is 61.2 cm³/mol. The predicted octanol–water partition coefficient (Wildman–Crippen LogP) is 3.07. The molecule has 0 amide bonds. The smallest absolute Gasteiger partial charge is 0.387 e. The summed E-state index contributed by atoms with van der Waals surface area (Å²) in [6, 6.07) is 3.10. The average Bonchev–Trinajstić information content (AvgIpc) is 2.24. The summed E-state index contributed by atoms with van der Waals surface area (Å²) >= 11 is 3.15. The van der Waals surface area contributed by atoms with Crippen LogP contribution >= 0.6 is 15.9 Å². The number of aryl methyl sites for hydroxylation is 1. The second-order valence-corrected chi connectivity index (χ2v) is 4.15. The lowest BCUT2D eigenvalue weighted by atomic mass is 10.1. The molecule has 94 valence electrons. The second kappa shape index (κ2) is 5.95. The molecule has 0 atom stereocenters. The first kappa shape index (κ1) is 13.9. The van der Waals surface area contributed by atoms with E-state index in [4.69, 9.17) is 0 Å². The zero-order chi connectivity index (χ0) is 13.0. The Morgan fingerprint density at radius 2 is 2.12 bits per heavy atom. The van der Waals surface area contributed by atoms with Gasteiger partial charge in [-0.15, -0.1) is 0 Å². The number of benzene rings is 1. The maximum absolute atomic E-state index is 12.2. The van der Waals surface area contributed by atoms with Gasteiger partial charge in [0, 0.05) is 0 Å². The van der Waals surface area contributed by atoms with E-state index in [1.165, 1.54) is 13.2 Å². The first-order chi connectivity index (χ1) is 7.93. The monoisotopic (exact) mass is 308 g/mol. The highest BCUT2D eigenvalue weighted by Gasteiger charge is 2.13. The number of halogens is 3. The van der Waals surface area contributed by atoms with E-state index in [9.17, 15) is 13.6 Å². The summed E-state index contributed by atoms with van der Waals surface area (Å²) < 4.78 is 33.6. The fraction of sp³-hybridized carbons (Fsp3) is 0.364. The summed E-state index contributed by atoms with van der Waals surface area (Å²) in [5.74, 6) is -0.423. The molecule has 0 heterocycles. The average molecular weight is 309 g/mol. The number of carbonyl (C=O) groups is 1. The minimum Gasteiger partial charge on any atom is -0.469 e. The molecule has 0 saturated heterocycles. The SMILES string of the molecule is COC(=O)Cc1cc(C)c(Br)c(OC(F)F)c1. The summed E-state index contributed by atoms with van der Waals surface area (Å²) in [6.45, 7) is -1.18. The van der Waals surface area contributed by atoms with Crippen LogP contribution in [0.25, 0.3) is 0 Å². The lowest BCUT2D eigenvalue weighted by Crippen LogP contribution is -2.07. The van der Waals surface area contributed by atoms with E-state index in [0.717, 1.165) is 0 Å². The standard InChI is InChI=1S/C11H11BrF2O3/c1-6-3-7(5-9(15)16-2)4-8(10(6)12)17-11(13)14/h3-4,11H,5H2,1-2H3. The topological polar surface area (TPSA) is 35.5 Å². The molecule has 0 spiro atoms. The molecule has 17 heavy (non-hydrogen) atoms. The molecule has 0 saturated carbocycles. The fourth-order valence-electron chi connectivity index (χ4n) is 1.33. The molecule has 0 aliphatic rings. The van der Waals surface area contributed by atoms with Crippen molar-refractivity contribution in [3.05, 3.63) is 27.7 Å². The van der Waals surface area contributed by atoms with Gasteiger partial charge in [-0.05, 0) is 40.0 Å². The number of carbonyl (C=O) groups excluding carboxylic acids is 1. The van der Waals surface area contributed by atoms with E-state index in [0.29, 0.717) is 15.6 Å². The zero-order valence-corrected chi connectivity index (χ0v) is 10.9. The Labute approximate surface area is 106 Å². The van der Waals surface area contributed by atoms with E-state index in [1.807, 2.05) is 0 Å². The van der Waals surface area contributed by atoms with Crippen LogP contribution in [0.4, 0.5) is 8.78 Å². The molecular formula is C11H11BrF2O3. The van der Waals surface area contributed by atoms with Crippen LogP contribution in [-0.4, -0.2) is 19.7 Å². The highest BCUT2D eigenvalue weighted by atomic mass is 79.9. The molecule has 0 bridgehead atoms. The van der Waals surface area contributed by atoms with Gasteiger partial charge in [-0.2, -0.15) is 8.78 Å². The number of hydrogen-bond acceptors (Lipinski definition) is 3. The number of rotatable bonds is 4. The van der Waals surface area contributed by atoms with Gasteiger partial charge in [0.1, 0.15) is 5.75 Å². The van der Waals surface area contributed by atoms with E-state index in [1.54, 1.807) is 13.0 Å². The van der Waals surface area contributed by atoms with Gasteiger partial charge in [0.25, 0.3) is 0 Å². The van der Waals surface area contributed by atoms with Crippen LogP contribution < -0.4 is 4.74 Å². The minimum absolute atomic E-state index is 0.0129. The number of ether oxygens (including phenoxy) is 2. The van der Waals surface area contributed by atoms with E-state index in [-0.39, 0.29) is 12.2 Å². The van der Waals surface area contributed by atoms with Gasteiger partial charge in [0.2, 0.25) is 0 Å². The second-order valence-electron chi connectivity index (χ2n) is 3.36. The normalized spacial score (nSPS) is 10.5. The minimum atomic E-state index is -2.90. The maximum atomic E-state index is 12.2. The van der Waals surface area contributed by atoms with Gasteiger partial charge in [-0.1, -0.05) is 6.07 Å². The van der Waals surface area contributed by atoms with Crippen molar-refractivity contribution in [1.29, 1.82) is 0 Å². The Balaban J connectivity index is 3.01. The van der Waals surface area contributed by atoms with Gasteiger partial charge < -0.3 is 9.47 Å². The maximum Gasteiger partial charge on any atom is 0.387 e. The molecular weight excluding hydrogens is 298 g/mol. The summed E-state index contributed by atoms with van der Waals surface area (Å²) in [7, 11) is 1.27. The molecule has 0 aromatic heterocycles. The third-order valence-corrected chi connectivity index (χ3v) is 3.09. The van der Waals surface area contributed by atoms with E-state index in [2.05, 4.69) is 25.4 Å². The Kier molecular flexibility index (Phi) is 4.86. The van der Waals surface area contributed by atoms with Crippen molar-refractivity contribution in [3.63, 3.8) is 0 Å². The highest BCUT2D eigenvalue weighted by molar-refractivity contribution is 9.10. The van der Waals surface area contributed by atoms with Gasteiger partial charge in [-0.3, -0.25) is 4.79 Å². The van der Waals surface area contributed by atoms with Crippen LogP contribution in [0.5, 0.6) is 5.75 Å². The molecule has 0 N–H and O–H groups in total. The van der Waals surface area contributed by atoms with E-state index < -0.39 is 12.6 Å². The van der Waals surface area contributed by atoms with Crippen LogP contribution in [0, 0.1) is 6.92 Å². The van der Waals surface area contributed by atoms with Crippen LogP contribution in [0.3, 0.4) is 0 Å². The Hall–Kier alpha value is -1.17. The molecule has 0 aliphatic carbocycles. The van der Waals surface area contributed by atoms with Crippen LogP contribution in [0.2, 0.25) is 0 Å². The molecule has 0 aliphatic heterocycles. The summed E-state index contributed by atoms with van der Waals surface area (Å²) in [4.78, 5) is 11.1. The summed E-state index contributed by atoms with van der Waals surface area (Å²) in [6.07, 6.45) is 0.0181. The van der Waals surface area contributed by atoms with Gasteiger partial charge in [0.05, 0.1) is 18.0 Å². The van der Waals surface area contributed by atoms with Crippen molar-refractivity contribution in [2.45, 2.75) is 20.0 Å². The largest absolute Gasteiger partial charge is 0.469 e. The lowest BCUT2D eigenvalue weighted by Gasteiger charge is -2.11. The summed E-state index contributed by atoms with van der Waals surface area (Å²) in [5.41, 5.74) is 1.27. The molecule has 1 aromatic carbocycles. The molecule has 3 nitrogen and oxygen atoms in total. The number of hydrogen-bond donors (Lipinski definition) is 0. The van der Waals surface area contributed by atoms with Crippen molar-refractivity contribution >= 4 is 21.9 Å². The molecule has 0 radical (unpaired) electrons. The number of methoxy groups -OCH3 is 1. The third kappa shape index (κ3) is 3.96. The first-order valence-electron chi connectivity index (χ1n) is 4.74. The van der Waals surface area contributed by atoms with Crippen LogP contribution in [0.1, 0.15) is 11.1 Å². The first-order valence-corrected chi connectivity index (χ1v) is 5.54. The van der Waals surface area contributed by atoms with Crippen molar-refractivity contribution in [2.75, 3.05) is 7.11 Å². The number of alkyl halides is 2. The van der Waals surface area contributed by atoms with Crippen molar-refractivity contribution in [2.24, 2.45) is 0 Å². The number of esters is 1. The molecule has 1 rings (SSSR count). The highest BCUT2D eigenvalue weighted by Crippen LogP contribution is 2.31. The fourth-order valence-corrected chi connectivity index (χ4v) is 1.65. The Bertz CT molecular complexity index is 421. The molecule has 1 aromatic rings. The van der Waals surface area contributed by atoms with E-state index >= 15 is 0 Å². The molecule has 6 heteroatoms. The molecule has 0 unspecified atom stereocenters. The quantitative estimate of drug-likeness (QED) is 0.802. The van der Waals surface area contributed by atoms with Crippen molar-refractivity contribution < 1.29 is 23.0 Å².